The van der Waals surface area contributed by atoms with Crippen LogP contribution in [-0.2, 0) is 4.74 Å². The van der Waals surface area contributed by atoms with Gasteiger partial charge in [-0.05, 0) is 37.3 Å². The second-order valence-corrected chi connectivity index (χ2v) is 5.35. The average Bonchev–Trinajstić information content (AvgIpc) is 3.01. The van der Waals surface area contributed by atoms with Gasteiger partial charge in [-0.3, -0.25) is 16.3 Å². The molecule has 0 aliphatic carbocycles. The van der Waals surface area contributed by atoms with Crippen molar-refractivity contribution >= 4 is 10.9 Å². The highest BCUT2D eigenvalue weighted by Gasteiger charge is 2.19. The third-order valence-corrected chi connectivity index (χ3v) is 4.04. The van der Waals surface area contributed by atoms with Crippen LogP contribution in [0.15, 0.2) is 36.5 Å². The van der Waals surface area contributed by atoms with Crippen LogP contribution in [-0.4, -0.2) is 17.7 Å². The number of para-hydroxylation sites is 1. The van der Waals surface area contributed by atoms with Crippen molar-refractivity contribution in [3.05, 3.63) is 42.1 Å². The lowest BCUT2D eigenvalue weighted by molar-refractivity contribution is 0.0996. The van der Waals surface area contributed by atoms with Gasteiger partial charge < -0.3 is 4.74 Å². The number of ether oxygens (including phenoxy) is 1. The fraction of sp³-hybridized carbons (Fsp3) is 0.438. The molecule has 1 aromatic heterocycles. The summed E-state index contributed by atoms with van der Waals surface area (Å²) in [6, 6.07) is 10.4. The molecule has 3 N–H and O–H groups in total. The summed E-state index contributed by atoms with van der Waals surface area (Å²) in [5.74, 6) is 5.76. The second-order valence-electron chi connectivity index (χ2n) is 5.35. The molecule has 2 atom stereocenters. The van der Waals surface area contributed by atoms with Crippen molar-refractivity contribution in [2.75, 3.05) is 6.61 Å². The summed E-state index contributed by atoms with van der Waals surface area (Å²) in [5.41, 5.74) is 5.14. The van der Waals surface area contributed by atoms with E-state index in [1.165, 1.54) is 18.4 Å². The molecule has 20 heavy (non-hydrogen) atoms. The molecule has 0 radical (unpaired) electrons. The standard InChI is InChI=1S/C16H21N3O/c17-19-15(9-8-13-6-3-11-20-13)14-7-1-4-12-5-2-10-18-16(12)14/h1-2,4-5,7,10,13,15,19H,3,6,8-9,11,17H2. The van der Waals surface area contributed by atoms with Gasteiger partial charge in [-0.1, -0.05) is 24.3 Å². The van der Waals surface area contributed by atoms with Crippen LogP contribution in [0.2, 0.25) is 0 Å². The SMILES string of the molecule is NNC(CCC1CCCO1)c1cccc2cccnc12. The molecule has 2 aromatic rings. The summed E-state index contributed by atoms with van der Waals surface area (Å²) < 4.78 is 5.69. The Hall–Kier alpha value is -1.49. The van der Waals surface area contributed by atoms with Crippen LogP contribution < -0.4 is 11.3 Å². The van der Waals surface area contributed by atoms with Crippen LogP contribution in [0.1, 0.15) is 37.3 Å². The quantitative estimate of drug-likeness (QED) is 0.648. The largest absolute Gasteiger partial charge is 0.378 e. The highest BCUT2D eigenvalue weighted by atomic mass is 16.5. The monoisotopic (exact) mass is 271 g/mol. The first-order valence-corrected chi connectivity index (χ1v) is 7.30. The third kappa shape index (κ3) is 2.82. The van der Waals surface area contributed by atoms with Crippen LogP contribution in [0, 0.1) is 0 Å². The molecule has 3 rings (SSSR count). The van der Waals surface area contributed by atoms with E-state index in [9.17, 15) is 0 Å². The maximum absolute atomic E-state index is 5.76. The fourth-order valence-corrected chi connectivity index (χ4v) is 2.96. The first-order valence-electron chi connectivity index (χ1n) is 7.30. The van der Waals surface area contributed by atoms with Gasteiger partial charge in [0.15, 0.2) is 0 Å². The first-order chi connectivity index (χ1) is 9.88. The molecule has 1 aliphatic heterocycles. The summed E-state index contributed by atoms with van der Waals surface area (Å²) in [4.78, 5) is 4.50. The Morgan fingerprint density at radius 1 is 1.35 bits per heavy atom. The summed E-state index contributed by atoms with van der Waals surface area (Å²) in [7, 11) is 0. The molecule has 0 spiro atoms. The molecular formula is C16H21N3O. The molecule has 4 heteroatoms. The lowest BCUT2D eigenvalue weighted by atomic mass is 9.97. The van der Waals surface area contributed by atoms with E-state index in [4.69, 9.17) is 10.6 Å². The Balaban J connectivity index is 1.79. The average molecular weight is 271 g/mol. The topological polar surface area (TPSA) is 60.2 Å². The Morgan fingerprint density at radius 3 is 3.05 bits per heavy atom. The summed E-state index contributed by atoms with van der Waals surface area (Å²) >= 11 is 0. The van der Waals surface area contributed by atoms with E-state index in [0.29, 0.717) is 6.10 Å². The summed E-state index contributed by atoms with van der Waals surface area (Å²) in [6.45, 7) is 0.904. The number of rotatable bonds is 5. The highest BCUT2D eigenvalue weighted by molar-refractivity contribution is 5.81. The number of hydrazine groups is 1. The number of benzene rings is 1. The molecule has 2 heterocycles. The number of fused-ring (bicyclic) bond motifs is 1. The van der Waals surface area contributed by atoms with Crippen molar-refractivity contribution < 1.29 is 4.74 Å². The van der Waals surface area contributed by atoms with Gasteiger partial charge in [0.05, 0.1) is 11.6 Å². The van der Waals surface area contributed by atoms with Crippen molar-refractivity contribution in [1.29, 1.82) is 0 Å². The Morgan fingerprint density at radius 2 is 2.25 bits per heavy atom. The van der Waals surface area contributed by atoms with Crippen molar-refractivity contribution in [3.63, 3.8) is 0 Å². The van der Waals surface area contributed by atoms with E-state index in [0.717, 1.165) is 30.4 Å². The van der Waals surface area contributed by atoms with Crippen LogP contribution in [0.25, 0.3) is 10.9 Å². The Labute approximate surface area is 119 Å². The molecule has 1 aromatic carbocycles. The predicted molar refractivity (Wildman–Crippen MR) is 80.0 cm³/mol. The van der Waals surface area contributed by atoms with Gasteiger partial charge in [-0.15, -0.1) is 0 Å². The highest BCUT2D eigenvalue weighted by Crippen LogP contribution is 2.27. The number of hydrogen-bond donors (Lipinski definition) is 2. The van der Waals surface area contributed by atoms with Gasteiger partial charge in [0.2, 0.25) is 0 Å². The van der Waals surface area contributed by atoms with Crippen molar-refractivity contribution in [2.45, 2.75) is 37.8 Å². The number of pyridine rings is 1. The molecule has 106 valence electrons. The molecule has 4 nitrogen and oxygen atoms in total. The maximum atomic E-state index is 5.76. The minimum atomic E-state index is 0.123. The van der Waals surface area contributed by atoms with E-state index in [2.05, 4.69) is 34.7 Å². The maximum Gasteiger partial charge on any atom is 0.0750 e. The molecule has 1 fully saturated rings. The number of aromatic nitrogens is 1. The van der Waals surface area contributed by atoms with E-state index in [1.807, 2.05) is 12.3 Å². The number of hydrogen-bond acceptors (Lipinski definition) is 4. The zero-order valence-corrected chi connectivity index (χ0v) is 11.6. The molecule has 0 saturated carbocycles. The van der Waals surface area contributed by atoms with Crippen LogP contribution in [0.3, 0.4) is 0 Å². The smallest absolute Gasteiger partial charge is 0.0750 e. The summed E-state index contributed by atoms with van der Waals surface area (Å²) in [5, 5.41) is 1.15. The molecule has 2 unspecified atom stereocenters. The van der Waals surface area contributed by atoms with Gasteiger partial charge in [0.25, 0.3) is 0 Å². The van der Waals surface area contributed by atoms with Crippen LogP contribution in [0.4, 0.5) is 0 Å². The number of nitrogens with one attached hydrogen (secondary N) is 1. The number of nitrogens with zero attached hydrogens (tertiary/aromatic N) is 1. The minimum absolute atomic E-state index is 0.123. The van der Waals surface area contributed by atoms with Gasteiger partial charge >= 0.3 is 0 Å². The predicted octanol–water partition coefficient (Wildman–Crippen LogP) is 2.70. The molecular weight excluding hydrogens is 250 g/mol. The molecule has 0 amide bonds. The van der Waals surface area contributed by atoms with Crippen molar-refractivity contribution in [3.8, 4) is 0 Å². The zero-order valence-electron chi connectivity index (χ0n) is 11.6. The van der Waals surface area contributed by atoms with E-state index < -0.39 is 0 Å². The van der Waals surface area contributed by atoms with Crippen molar-refractivity contribution in [1.82, 2.24) is 10.4 Å². The lowest BCUT2D eigenvalue weighted by Crippen LogP contribution is -2.29. The van der Waals surface area contributed by atoms with Gasteiger partial charge in [0.1, 0.15) is 0 Å². The second kappa shape index (κ2) is 6.31. The molecule has 0 bridgehead atoms. The molecule has 1 saturated heterocycles. The van der Waals surface area contributed by atoms with Crippen LogP contribution in [0.5, 0.6) is 0 Å². The first kappa shape index (κ1) is 13.5. The fourth-order valence-electron chi connectivity index (χ4n) is 2.96. The summed E-state index contributed by atoms with van der Waals surface area (Å²) in [6.07, 6.45) is 6.59. The van der Waals surface area contributed by atoms with E-state index in [-0.39, 0.29) is 6.04 Å². The minimum Gasteiger partial charge on any atom is -0.378 e. The van der Waals surface area contributed by atoms with Gasteiger partial charge in [0, 0.05) is 24.2 Å². The van der Waals surface area contributed by atoms with Crippen LogP contribution >= 0.6 is 0 Å². The van der Waals surface area contributed by atoms with Gasteiger partial charge in [-0.2, -0.15) is 0 Å². The van der Waals surface area contributed by atoms with Crippen molar-refractivity contribution in [2.24, 2.45) is 5.84 Å². The number of nitrogens with two attached hydrogens (primary N) is 1. The normalized spacial score (nSPS) is 20.4. The third-order valence-electron chi connectivity index (χ3n) is 4.04. The van der Waals surface area contributed by atoms with E-state index >= 15 is 0 Å². The Kier molecular flexibility index (Phi) is 4.25. The van der Waals surface area contributed by atoms with Gasteiger partial charge in [-0.25, -0.2) is 0 Å². The molecule has 1 aliphatic rings. The Bertz CT molecular complexity index is 561. The zero-order chi connectivity index (χ0) is 13.8. The van der Waals surface area contributed by atoms with E-state index in [1.54, 1.807) is 0 Å². The lowest BCUT2D eigenvalue weighted by Gasteiger charge is -2.19.